The summed E-state index contributed by atoms with van der Waals surface area (Å²) in [5, 5.41) is 3.44. The molecule has 2 bridgehead atoms. The maximum Gasteiger partial charge on any atom is 0.222 e. The highest BCUT2D eigenvalue weighted by Gasteiger charge is 2.40. The number of carbonyl (C=O) groups is 1. The molecular weight excluding hydrogens is 248 g/mol. The van der Waals surface area contributed by atoms with Gasteiger partial charge in [-0.25, -0.2) is 0 Å². The molecule has 3 nitrogen and oxygen atoms in total. The molecule has 3 aliphatic rings. The van der Waals surface area contributed by atoms with E-state index in [-0.39, 0.29) is 0 Å². The molecule has 1 heterocycles. The Kier molecular flexibility index (Phi) is 4.65. The lowest BCUT2D eigenvalue weighted by atomic mass is 9.88. The SMILES string of the molecule is CN(CC1CC2CCC1C2)C(=O)CCC1CCCNC1. The lowest BCUT2D eigenvalue weighted by Crippen LogP contribution is -2.35. The molecule has 1 amide bonds. The van der Waals surface area contributed by atoms with Crippen molar-refractivity contribution in [3.8, 4) is 0 Å². The predicted octanol–water partition coefficient (Wildman–Crippen LogP) is 2.66. The zero-order valence-corrected chi connectivity index (χ0v) is 12.9. The van der Waals surface area contributed by atoms with Gasteiger partial charge in [-0.15, -0.1) is 0 Å². The molecule has 0 aromatic carbocycles. The molecule has 2 aliphatic carbocycles. The van der Waals surface area contributed by atoms with Gasteiger partial charge in [-0.05, 0) is 75.3 Å². The summed E-state index contributed by atoms with van der Waals surface area (Å²) in [5.74, 6) is 3.82. The van der Waals surface area contributed by atoms with E-state index in [4.69, 9.17) is 0 Å². The van der Waals surface area contributed by atoms with Gasteiger partial charge in [-0.3, -0.25) is 4.79 Å². The fraction of sp³-hybridized carbons (Fsp3) is 0.941. The van der Waals surface area contributed by atoms with E-state index in [0.717, 1.165) is 56.1 Å². The minimum absolute atomic E-state index is 0.373. The normalized spacial score (nSPS) is 36.2. The molecule has 1 saturated heterocycles. The fourth-order valence-corrected chi connectivity index (χ4v) is 4.74. The Bertz CT molecular complexity index is 338. The number of carbonyl (C=O) groups excluding carboxylic acids is 1. The third-order valence-electron chi connectivity index (χ3n) is 5.98. The molecule has 3 fully saturated rings. The van der Waals surface area contributed by atoms with Crippen molar-refractivity contribution < 1.29 is 4.79 Å². The molecule has 114 valence electrons. The molecule has 0 radical (unpaired) electrons. The second-order valence-electron chi connectivity index (χ2n) is 7.46. The molecule has 3 heteroatoms. The van der Waals surface area contributed by atoms with Crippen LogP contribution in [0.3, 0.4) is 0 Å². The summed E-state index contributed by atoms with van der Waals surface area (Å²) in [6, 6.07) is 0. The molecule has 4 atom stereocenters. The molecule has 20 heavy (non-hydrogen) atoms. The largest absolute Gasteiger partial charge is 0.345 e. The second kappa shape index (κ2) is 6.46. The first-order chi connectivity index (χ1) is 9.72. The third kappa shape index (κ3) is 3.36. The Balaban J connectivity index is 1.38. The van der Waals surface area contributed by atoms with Gasteiger partial charge in [0, 0.05) is 20.0 Å². The first kappa shape index (κ1) is 14.4. The summed E-state index contributed by atoms with van der Waals surface area (Å²) in [6.07, 6.45) is 10.1. The van der Waals surface area contributed by atoms with Gasteiger partial charge < -0.3 is 10.2 Å². The van der Waals surface area contributed by atoms with Crippen molar-refractivity contribution in [2.24, 2.45) is 23.7 Å². The van der Waals surface area contributed by atoms with Gasteiger partial charge in [0.2, 0.25) is 5.91 Å². The minimum Gasteiger partial charge on any atom is -0.345 e. The van der Waals surface area contributed by atoms with Crippen molar-refractivity contribution in [2.75, 3.05) is 26.7 Å². The standard InChI is InChI=1S/C17H30N2O/c1-19(12-16-10-14-4-6-15(16)9-14)17(20)7-5-13-3-2-8-18-11-13/h13-16,18H,2-12H2,1H3. The van der Waals surface area contributed by atoms with Gasteiger partial charge in [0.1, 0.15) is 0 Å². The highest BCUT2D eigenvalue weighted by Crippen LogP contribution is 2.48. The third-order valence-corrected chi connectivity index (χ3v) is 5.98. The summed E-state index contributed by atoms with van der Waals surface area (Å²) < 4.78 is 0. The van der Waals surface area contributed by atoms with Gasteiger partial charge >= 0.3 is 0 Å². The quantitative estimate of drug-likeness (QED) is 0.838. The van der Waals surface area contributed by atoms with E-state index in [9.17, 15) is 4.79 Å². The second-order valence-corrected chi connectivity index (χ2v) is 7.46. The van der Waals surface area contributed by atoms with Crippen LogP contribution in [-0.2, 0) is 4.79 Å². The summed E-state index contributed by atoms with van der Waals surface area (Å²) in [5.41, 5.74) is 0. The molecule has 2 saturated carbocycles. The average Bonchev–Trinajstić information content (AvgIpc) is 3.08. The van der Waals surface area contributed by atoms with Crippen molar-refractivity contribution >= 4 is 5.91 Å². The van der Waals surface area contributed by atoms with Gasteiger partial charge in [-0.2, -0.15) is 0 Å². The van der Waals surface area contributed by atoms with E-state index in [2.05, 4.69) is 5.32 Å². The maximum absolute atomic E-state index is 12.3. The Labute approximate surface area is 123 Å². The summed E-state index contributed by atoms with van der Waals surface area (Å²) in [4.78, 5) is 14.3. The number of nitrogens with one attached hydrogen (secondary N) is 1. The van der Waals surface area contributed by atoms with Gasteiger partial charge in [0.05, 0.1) is 0 Å². The molecule has 0 aromatic rings. The molecular formula is C17H30N2O. The van der Waals surface area contributed by atoms with E-state index in [1.807, 2.05) is 11.9 Å². The molecule has 4 unspecified atom stereocenters. The van der Waals surface area contributed by atoms with Crippen molar-refractivity contribution in [3.63, 3.8) is 0 Å². The number of hydrogen-bond acceptors (Lipinski definition) is 2. The maximum atomic E-state index is 12.3. The predicted molar refractivity (Wildman–Crippen MR) is 81.4 cm³/mol. The summed E-state index contributed by atoms with van der Waals surface area (Å²) in [7, 11) is 2.02. The first-order valence-corrected chi connectivity index (χ1v) is 8.67. The minimum atomic E-state index is 0.373. The van der Waals surface area contributed by atoms with Crippen LogP contribution in [0.1, 0.15) is 51.4 Å². The summed E-state index contributed by atoms with van der Waals surface area (Å²) in [6.45, 7) is 3.29. The van der Waals surface area contributed by atoms with E-state index in [1.165, 1.54) is 38.5 Å². The van der Waals surface area contributed by atoms with E-state index >= 15 is 0 Å². The van der Waals surface area contributed by atoms with E-state index < -0.39 is 0 Å². The fourth-order valence-electron chi connectivity index (χ4n) is 4.74. The average molecular weight is 278 g/mol. The van der Waals surface area contributed by atoms with Crippen LogP contribution in [0, 0.1) is 23.7 Å². The lowest BCUT2D eigenvalue weighted by molar-refractivity contribution is -0.131. The van der Waals surface area contributed by atoms with Crippen molar-refractivity contribution in [1.82, 2.24) is 10.2 Å². The molecule has 3 rings (SSSR count). The van der Waals surface area contributed by atoms with Gasteiger partial charge in [0.25, 0.3) is 0 Å². The van der Waals surface area contributed by atoms with Crippen molar-refractivity contribution in [1.29, 1.82) is 0 Å². The number of hydrogen-bond donors (Lipinski definition) is 1. The van der Waals surface area contributed by atoms with Crippen LogP contribution in [-0.4, -0.2) is 37.5 Å². The van der Waals surface area contributed by atoms with Crippen LogP contribution in [0.2, 0.25) is 0 Å². The zero-order valence-electron chi connectivity index (χ0n) is 12.9. The Morgan fingerprint density at radius 3 is 2.80 bits per heavy atom. The molecule has 1 aliphatic heterocycles. The number of amides is 1. The van der Waals surface area contributed by atoms with Gasteiger partial charge in [-0.1, -0.05) is 6.42 Å². The number of nitrogens with zero attached hydrogens (tertiary/aromatic N) is 1. The molecule has 0 spiro atoms. The van der Waals surface area contributed by atoms with Crippen LogP contribution in [0.4, 0.5) is 0 Å². The molecule has 0 aromatic heterocycles. The lowest BCUT2D eigenvalue weighted by Gasteiger charge is -2.28. The van der Waals surface area contributed by atoms with Gasteiger partial charge in [0.15, 0.2) is 0 Å². The number of piperidine rings is 1. The Morgan fingerprint density at radius 2 is 2.15 bits per heavy atom. The van der Waals surface area contributed by atoms with Crippen LogP contribution in [0.25, 0.3) is 0 Å². The summed E-state index contributed by atoms with van der Waals surface area (Å²) >= 11 is 0. The first-order valence-electron chi connectivity index (χ1n) is 8.67. The smallest absolute Gasteiger partial charge is 0.222 e. The van der Waals surface area contributed by atoms with Crippen molar-refractivity contribution in [2.45, 2.75) is 51.4 Å². The highest BCUT2D eigenvalue weighted by molar-refractivity contribution is 5.75. The topological polar surface area (TPSA) is 32.3 Å². The zero-order chi connectivity index (χ0) is 13.9. The highest BCUT2D eigenvalue weighted by atomic mass is 16.2. The van der Waals surface area contributed by atoms with E-state index in [1.54, 1.807) is 0 Å². The Hall–Kier alpha value is -0.570. The van der Waals surface area contributed by atoms with E-state index in [0.29, 0.717) is 5.91 Å². The van der Waals surface area contributed by atoms with Crippen LogP contribution in [0.15, 0.2) is 0 Å². The number of rotatable bonds is 5. The molecule has 1 N–H and O–H groups in total. The van der Waals surface area contributed by atoms with Crippen LogP contribution >= 0.6 is 0 Å². The monoisotopic (exact) mass is 278 g/mol. The number of fused-ring (bicyclic) bond motifs is 2. The van der Waals surface area contributed by atoms with Crippen molar-refractivity contribution in [3.05, 3.63) is 0 Å². The van der Waals surface area contributed by atoms with Crippen LogP contribution in [0.5, 0.6) is 0 Å². The Morgan fingerprint density at radius 1 is 1.25 bits per heavy atom. The van der Waals surface area contributed by atoms with Crippen LogP contribution < -0.4 is 5.32 Å².